The first-order chi connectivity index (χ1) is 22.5. The summed E-state index contributed by atoms with van der Waals surface area (Å²) in [5.74, 6) is 0.102. The summed E-state index contributed by atoms with van der Waals surface area (Å²) < 4.78 is 0.310. The van der Waals surface area contributed by atoms with E-state index >= 15 is 0 Å². The molecule has 0 aliphatic heterocycles. The third kappa shape index (κ3) is 6.13. The van der Waals surface area contributed by atoms with E-state index in [0.29, 0.717) is 11.8 Å². The molecule has 4 heteroatoms. The van der Waals surface area contributed by atoms with Crippen LogP contribution in [-0.4, -0.2) is 5.92 Å². The molecule has 0 nitrogen and oxygen atoms in total. The molecule has 0 aromatic heterocycles. The van der Waals surface area contributed by atoms with Gasteiger partial charge in [-0.05, 0) is 0 Å². The van der Waals surface area contributed by atoms with Gasteiger partial charge in [-0.15, -0.1) is 0 Å². The molecular weight excluding hydrogens is 707 g/mol. The summed E-state index contributed by atoms with van der Waals surface area (Å²) in [5.41, 5.74) is 14.3. The molecule has 0 spiro atoms. The summed E-state index contributed by atoms with van der Waals surface area (Å²) in [7, 11) is 17.5. The van der Waals surface area contributed by atoms with Crippen molar-refractivity contribution >= 4 is 35.1 Å². The Morgan fingerprint density at radius 3 is 2.04 bits per heavy atom. The van der Waals surface area contributed by atoms with Crippen LogP contribution in [0.25, 0.3) is 23.3 Å². The maximum absolute atomic E-state index is 8.74. The van der Waals surface area contributed by atoms with E-state index in [4.69, 9.17) is 17.0 Å². The van der Waals surface area contributed by atoms with Gasteiger partial charge in [0.25, 0.3) is 0 Å². The molecule has 0 heterocycles. The predicted molar refractivity (Wildman–Crippen MR) is 209 cm³/mol. The van der Waals surface area contributed by atoms with Crippen molar-refractivity contribution < 1.29 is 15.6 Å². The van der Waals surface area contributed by atoms with Gasteiger partial charge in [0.05, 0.1) is 0 Å². The average molecular weight is 764 g/mol. The number of rotatable bonds is 11. The van der Waals surface area contributed by atoms with Crippen LogP contribution in [0.1, 0.15) is 145 Å². The zero-order chi connectivity index (χ0) is 33.5. The van der Waals surface area contributed by atoms with Gasteiger partial charge < -0.3 is 0 Å². The zero-order valence-corrected chi connectivity index (χ0v) is 35.1. The van der Waals surface area contributed by atoms with Crippen LogP contribution in [0.4, 0.5) is 0 Å². The Labute approximate surface area is 295 Å². The second-order valence-electron chi connectivity index (χ2n) is 15.6. The predicted octanol–water partition coefficient (Wildman–Crippen LogP) is 14.3. The first-order valence-electron chi connectivity index (χ1n) is 18.9. The van der Waals surface area contributed by atoms with Crippen molar-refractivity contribution in [3.63, 3.8) is 0 Å². The van der Waals surface area contributed by atoms with E-state index in [0.717, 1.165) is 18.8 Å². The number of hydrogen-bond acceptors (Lipinski definition) is 0. The van der Waals surface area contributed by atoms with Gasteiger partial charge in [0.15, 0.2) is 0 Å². The van der Waals surface area contributed by atoms with Crippen molar-refractivity contribution in [3.05, 3.63) is 105 Å². The molecule has 4 unspecified atom stereocenters. The molecule has 0 radical (unpaired) electrons. The summed E-state index contributed by atoms with van der Waals surface area (Å²) in [4.78, 5) is 0. The second-order valence-corrected chi connectivity index (χ2v) is 58.1. The Hall–Kier alpha value is -1.18. The van der Waals surface area contributed by atoms with E-state index in [1.54, 1.807) is 0 Å². The Morgan fingerprint density at radius 1 is 0.766 bits per heavy atom. The van der Waals surface area contributed by atoms with E-state index in [1.165, 1.54) is 101 Å². The number of halogens is 2. The number of hydrogen-bond donors (Lipinski definition) is 0. The van der Waals surface area contributed by atoms with E-state index in [-0.39, 0.29) is 7.25 Å². The molecule has 1 saturated carbocycles. The van der Waals surface area contributed by atoms with Gasteiger partial charge in [-0.25, -0.2) is 0 Å². The molecule has 0 bridgehead atoms. The third-order valence-corrected chi connectivity index (χ3v) is 64.4. The van der Waals surface area contributed by atoms with E-state index in [1.807, 2.05) is 0 Å². The summed E-state index contributed by atoms with van der Waals surface area (Å²) in [6.07, 6.45) is 16.4. The van der Waals surface area contributed by atoms with Crippen LogP contribution < -0.4 is 0 Å². The van der Waals surface area contributed by atoms with Crippen LogP contribution in [-0.2, 0) is 15.6 Å². The average Bonchev–Trinajstić information content (AvgIpc) is 3.69. The van der Waals surface area contributed by atoms with Gasteiger partial charge in [-0.1, -0.05) is 0 Å². The first kappa shape index (κ1) is 35.6. The fourth-order valence-corrected chi connectivity index (χ4v) is 41.1. The quantitative estimate of drug-likeness (QED) is 0.171. The number of benzene rings is 3. The van der Waals surface area contributed by atoms with Crippen molar-refractivity contribution in [2.45, 2.75) is 125 Å². The standard InChI is InChI=1S/C23H25.C18H25.C2H7Si.2ClH.Zr/c1-2-17-15-21-9-6-10-22(23(21)16-17)20-13-11-19(12-14-20)18-7-4-3-5-8-18;1-5-8-14(4)16-11-15-9-7-10-17(13(3)6-2)18(15)12-16;1-3-2;;;/h6,9-16,18H,2-5,7-8H2,1H3;7,9-14H,5-6,8H2,1-4H3;3H,1-2H3;2*1H;/q;;;;;+2/p-2. The van der Waals surface area contributed by atoms with E-state index < -0.39 is 21.5 Å². The van der Waals surface area contributed by atoms with Crippen LogP contribution in [0, 0.1) is 5.92 Å². The monoisotopic (exact) mass is 761 g/mol. The molecule has 0 saturated heterocycles. The minimum atomic E-state index is -4.79. The Balaban J connectivity index is 1.51. The molecule has 47 heavy (non-hydrogen) atoms. The maximum atomic E-state index is 8.74. The molecule has 0 amide bonds. The fraction of sp³-hybridized carbons (Fsp3) is 0.488. The molecule has 3 aliphatic carbocycles. The zero-order valence-electron chi connectivity index (χ0n) is 30.0. The summed E-state index contributed by atoms with van der Waals surface area (Å²) in [6.45, 7) is 16.8. The second kappa shape index (κ2) is 14.2. The number of fused-ring (bicyclic) bond motifs is 2. The normalized spacial score (nSPS) is 21.9. The van der Waals surface area contributed by atoms with Crippen molar-refractivity contribution in [1.82, 2.24) is 0 Å². The van der Waals surface area contributed by atoms with Gasteiger partial charge in [0.2, 0.25) is 0 Å². The van der Waals surface area contributed by atoms with Crippen molar-refractivity contribution in [2.24, 2.45) is 5.92 Å². The van der Waals surface area contributed by atoms with Crippen LogP contribution in [0.15, 0.2) is 71.8 Å². The summed E-state index contributed by atoms with van der Waals surface area (Å²) in [5, 5.41) is 0. The van der Waals surface area contributed by atoms with Gasteiger partial charge in [-0.3, -0.25) is 0 Å². The van der Waals surface area contributed by atoms with E-state index in [9.17, 15) is 0 Å². The van der Waals surface area contributed by atoms with Gasteiger partial charge >= 0.3 is 297 Å². The van der Waals surface area contributed by atoms with Crippen molar-refractivity contribution in [3.8, 4) is 11.1 Å². The molecule has 1 fully saturated rings. The topological polar surface area (TPSA) is 0 Å². The molecule has 3 aliphatic rings. The number of allylic oxidation sites excluding steroid dienone is 2. The van der Waals surface area contributed by atoms with Gasteiger partial charge in [0.1, 0.15) is 0 Å². The Morgan fingerprint density at radius 2 is 1.43 bits per heavy atom. The molecule has 4 atom stereocenters. The Kier molecular flexibility index (Phi) is 10.8. The van der Waals surface area contributed by atoms with Crippen molar-refractivity contribution in [1.29, 1.82) is 0 Å². The van der Waals surface area contributed by atoms with Crippen LogP contribution in [0.5, 0.6) is 0 Å². The Bertz CT molecular complexity index is 1660. The third-order valence-electron chi connectivity index (χ3n) is 12.6. The van der Waals surface area contributed by atoms with Gasteiger partial charge in [0, 0.05) is 0 Å². The molecule has 3 aromatic carbocycles. The molecule has 0 N–H and O–H groups in total. The molecule has 251 valence electrons. The summed E-state index contributed by atoms with van der Waals surface area (Å²) in [6, 6.07) is 23.7. The first-order valence-corrected chi connectivity index (χ1v) is 35.2. The van der Waals surface area contributed by atoms with Gasteiger partial charge in [-0.2, -0.15) is 0 Å². The van der Waals surface area contributed by atoms with Crippen molar-refractivity contribution in [2.75, 3.05) is 0 Å². The minimum absolute atomic E-state index is 0.147. The molecular formula is C43H57Cl2SiZr. The SMILES string of the molecule is CCCC(C)C1=Cc2c(C(C)CC)cccc2[CH]1[Zr]([Cl])([Cl])([CH]1C(CC)=Cc2c(-c3ccc(C4CCCCC4)cc3)cccc21)[SiH](C)C. The summed E-state index contributed by atoms with van der Waals surface area (Å²) >= 11 is -4.79. The van der Waals surface area contributed by atoms with E-state index in [2.05, 4.69) is 121 Å². The molecule has 6 rings (SSSR count). The van der Waals surface area contributed by atoms with Crippen LogP contribution in [0.3, 0.4) is 0 Å². The molecule has 3 aromatic rings. The fourth-order valence-electron chi connectivity index (χ4n) is 9.62. The van der Waals surface area contributed by atoms with Crippen LogP contribution >= 0.6 is 17.0 Å². The van der Waals surface area contributed by atoms with Crippen LogP contribution in [0.2, 0.25) is 13.1 Å².